The standard InChI is InChI=1S/C60H46N2S/c1-7-20-45(21-8-1)47-34-38-51(39-35-47)61(49-24-11-3-12-25-49)53-42-43-56-59(44-53)63(54-28-15-5-16-29-54,55-30-17-6-18-31-55)58-33-19-32-57(60(56)58)62(50-26-13-4-14-27-50)52-40-36-48(37-41-52)46-22-9-2-10-23-46/h1-42,44,56H,43H2. The summed E-state index contributed by atoms with van der Waals surface area (Å²) in [6.45, 7) is 0. The van der Waals surface area contributed by atoms with E-state index in [1.165, 1.54) is 58.8 Å². The lowest BCUT2D eigenvalue weighted by molar-refractivity contribution is 0.823. The molecule has 1 aliphatic carbocycles. The number of allylic oxidation sites excluding steroid dienone is 3. The van der Waals surface area contributed by atoms with E-state index in [-0.39, 0.29) is 5.92 Å². The minimum atomic E-state index is -1.95. The zero-order valence-electron chi connectivity index (χ0n) is 34.9. The monoisotopic (exact) mass is 826 g/mol. The van der Waals surface area contributed by atoms with Crippen LogP contribution in [0.4, 0.5) is 28.4 Å². The number of benzene rings is 9. The van der Waals surface area contributed by atoms with E-state index < -0.39 is 10.0 Å². The van der Waals surface area contributed by atoms with E-state index >= 15 is 0 Å². The molecular weight excluding hydrogens is 781 g/mol. The van der Waals surface area contributed by atoms with Crippen LogP contribution in [0.3, 0.4) is 0 Å². The highest BCUT2D eigenvalue weighted by Crippen LogP contribution is 2.82. The van der Waals surface area contributed by atoms with Crippen LogP contribution in [-0.2, 0) is 0 Å². The lowest BCUT2D eigenvalue weighted by atomic mass is 9.89. The van der Waals surface area contributed by atoms with Gasteiger partial charge in [0, 0.05) is 49.1 Å². The summed E-state index contributed by atoms with van der Waals surface area (Å²) in [5.41, 5.74) is 13.2. The Morgan fingerprint density at radius 3 is 1.24 bits per heavy atom. The quantitative estimate of drug-likeness (QED) is 0.136. The number of para-hydroxylation sites is 2. The third-order valence-electron chi connectivity index (χ3n) is 12.5. The number of anilines is 5. The molecule has 2 nitrogen and oxygen atoms in total. The predicted molar refractivity (Wildman–Crippen MR) is 266 cm³/mol. The molecule has 1 heterocycles. The molecule has 0 saturated heterocycles. The van der Waals surface area contributed by atoms with Crippen LogP contribution in [0.15, 0.2) is 286 Å². The summed E-state index contributed by atoms with van der Waals surface area (Å²) in [6, 6.07) is 91.0. The summed E-state index contributed by atoms with van der Waals surface area (Å²) in [6.07, 6.45) is 5.91. The fourth-order valence-corrected chi connectivity index (χ4v) is 14.2. The van der Waals surface area contributed by atoms with Gasteiger partial charge in [0.05, 0.1) is 5.69 Å². The van der Waals surface area contributed by atoms with Crippen molar-refractivity contribution in [3.8, 4) is 22.3 Å². The third kappa shape index (κ3) is 6.88. The maximum absolute atomic E-state index is 2.56. The Bertz CT molecular complexity index is 3000. The summed E-state index contributed by atoms with van der Waals surface area (Å²) in [4.78, 5) is 10.5. The minimum Gasteiger partial charge on any atom is -0.311 e. The Kier molecular flexibility index (Phi) is 10.2. The summed E-state index contributed by atoms with van der Waals surface area (Å²) in [7, 11) is -1.95. The van der Waals surface area contributed by atoms with E-state index in [1.54, 1.807) is 0 Å². The lowest BCUT2D eigenvalue weighted by Crippen LogP contribution is -2.19. The first-order valence-corrected chi connectivity index (χ1v) is 23.4. The fourth-order valence-electron chi connectivity index (χ4n) is 9.66. The normalized spacial score (nSPS) is 15.3. The molecule has 9 aromatic rings. The van der Waals surface area contributed by atoms with Crippen molar-refractivity contribution in [2.45, 2.75) is 27.0 Å². The van der Waals surface area contributed by atoms with Crippen molar-refractivity contribution in [1.82, 2.24) is 0 Å². The van der Waals surface area contributed by atoms with Gasteiger partial charge in [-0.05, 0) is 130 Å². The maximum Gasteiger partial charge on any atom is 0.0511 e. The molecule has 1 unspecified atom stereocenters. The first-order chi connectivity index (χ1) is 31.3. The molecule has 0 spiro atoms. The number of nitrogens with zero attached hydrogens (tertiary/aromatic N) is 2. The predicted octanol–water partition coefficient (Wildman–Crippen LogP) is 16.9. The molecule has 1 aliphatic heterocycles. The summed E-state index contributed by atoms with van der Waals surface area (Å²) >= 11 is 0. The number of rotatable bonds is 10. The summed E-state index contributed by atoms with van der Waals surface area (Å²) < 4.78 is 0. The molecular formula is C60H46N2S. The Hall–Kier alpha value is -7.59. The SMILES string of the molecule is C1=C(N(c2ccccc2)c2ccc(-c3ccccc3)cc2)C=C2C(C1)c1c(N(c3ccccc3)c3ccc(-c4ccccc4)cc3)cccc1S2(c1ccccc1)c1ccccc1. The zero-order valence-corrected chi connectivity index (χ0v) is 35.7. The lowest BCUT2D eigenvalue weighted by Gasteiger charge is -2.42. The number of hydrogen-bond donors (Lipinski definition) is 0. The molecule has 0 bridgehead atoms. The van der Waals surface area contributed by atoms with Crippen molar-refractivity contribution in [2.75, 3.05) is 9.80 Å². The molecule has 0 amide bonds. The van der Waals surface area contributed by atoms with Gasteiger partial charge in [-0.2, -0.15) is 0 Å². The van der Waals surface area contributed by atoms with Crippen molar-refractivity contribution in [3.63, 3.8) is 0 Å². The van der Waals surface area contributed by atoms with Gasteiger partial charge in [0.15, 0.2) is 0 Å². The van der Waals surface area contributed by atoms with Crippen LogP contribution in [0.5, 0.6) is 0 Å². The van der Waals surface area contributed by atoms with Gasteiger partial charge in [0.25, 0.3) is 0 Å². The van der Waals surface area contributed by atoms with Crippen molar-refractivity contribution in [3.05, 3.63) is 277 Å². The molecule has 11 rings (SSSR count). The van der Waals surface area contributed by atoms with E-state index in [9.17, 15) is 0 Å². The molecule has 0 fully saturated rings. The van der Waals surface area contributed by atoms with Crippen LogP contribution in [0.25, 0.3) is 22.3 Å². The molecule has 0 N–H and O–H groups in total. The Labute approximate surface area is 372 Å². The zero-order chi connectivity index (χ0) is 42.0. The van der Waals surface area contributed by atoms with Gasteiger partial charge in [0.1, 0.15) is 0 Å². The first-order valence-electron chi connectivity index (χ1n) is 21.8. The highest BCUT2D eigenvalue weighted by molar-refractivity contribution is 8.37. The van der Waals surface area contributed by atoms with Crippen LogP contribution in [0.2, 0.25) is 0 Å². The van der Waals surface area contributed by atoms with Gasteiger partial charge in [-0.1, -0.05) is 170 Å². The second-order valence-electron chi connectivity index (χ2n) is 16.1. The van der Waals surface area contributed by atoms with Crippen molar-refractivity contribution in [1.29, 1.82) is 0 Å². The Morgan fingerprint density at radius 2 is 0.746 bits per heavy atom. The molecule has 302 valence electrons. The van der Waals surface area contributed by atoms with Crippen LogP contribution >= 0.6 is 10.0 Å². The molecule has 0 radical (unpaired) electrons. The average molecular weight is 827 g/mol. The number of fused-ring (bicyclic) bond motifs is 3. The van der Waals surface area contributed by atoms with E-state index in [1.807, 2.05) is 0 Å². The minimum absolute atomic E-state index is 0.142. The van der Waals surface area contributed by atoms with Gasteiger partial charge in [-0.3, -0.25) is 0 Å². The molecule has 2 aliphatic rings. The second kappa shape index (κ2) is 16.7. The Balaban J connectivity index is 1.13. The van der Waals surface area contributed by atoms with Crippen molar-refractivity contribution < 1.29 is 0 Å². The van der Waals surface area contributed by atoms with Gasteiger partial charge in [-0.15, -0.1) is 10.0 Å². The maximum atomic E-state index is 2.56. The molecule has 3 heteroatoms. The van der Waals surface area contributed by atoms with E-state index in [2.05, 4.69) is 271 Å². The first kappa shape index (κ1) is 38.3. The molecule has 63 heavy (non-hydrogen) atoms. The highest BCUT2D eigenvalue weighted by atomic mass is 32.3. The molecule has 0 saturated carbocycles. The topological polar surface area (TPSA) is 6.48 Å². The molecule has 1 atom stereocenters. The van der Waals surface area contributed by atoms with Gasteiger partial charge in [-0.25, -0.2) is 0 Å². The van der Waals surface area contributed by atoms with Crippen molar-refractivity contribution >= 4 is 38.5 Å². The van der Waals surface area contributed by atoms with Crippen LogP contribution in [0, 0.1) is 0 Å². The second-order valence-corrected chi connectivity index (χ2v) is 19.1. The van der Waals surface area contributed by atoms with E-state index in [0.29, 0.717) is 0 Å². The molecule has 9 aromatic carbocycles. The smallest absolute Gasteiger partial charge is 0.0511 e. The summed E-state index contributed by atoms with van der Waals surface area (Å²) in [5.74, 6) is 0.142. The summed E-state index contributed by atoms with van der Waals surface area (Å²) in [5, 5.41) is 0. The largest absolute Gasteiger partial charge is 0.311 e. The van der Waals surface area contributed by atoms with E-state index in [4.69, 9.17) is 0 Å². The third-order valence-corrected chi connectivity index (χ3v) is 16.5. The highest BCUT2D eigenvalue weighted by Gasteiger charge is 2.49. The Morgan fingerprint density at radius 1 is 0.349 bits per heavy atom. The van der Waals surface area contributed by atoms with Crippen LogP contribution < -0.4 is 9.80 Å². The molecule has 0 aromatic heterocycles. The average Bonchev–Trinajstić information content (AvgIpc) is 3.67. The van der Waals surface area contributed by atoms with Gasteiger partial charge < -0.3 is 9.80 Å². The number of hydrogen-bond acceptors (Lipinski definition) is 2. The van der Waals surface area contributed by atoms with E-state index in [0.717, 1.165) is 29.2 Å². The van der Waals surface area contributed by atoms with Crippen LogP contribution in [0.1, 0.15) is 17.9 Å². The van der Waals surface area contributed by atoms with Gasteiger partial charge >= 0.3 is 0 Å². The van der Waals surface area contributed by atoms with Crippen LogP contribution in [-0.4, -0.2) is 0 Å². The van der Waals surface area contributed by atoms with Gasteiger partial charge in [0.2, 0.25) is 0 Å². The fraction of sp³-hybridized carbons (Fsp3) is 0.0333. The van der Waals surface area contributed by atoms with Crippen molar-refractivity contribution in [2.24, 2.45) is 0 Å².